The molecule has 0 N–H and O–H groups in total. The van der Waals surface area contributed by atoms with Gasteiger partial charge in [0, 0.05) is 12.8 Å². The van der Waals surface area contributed by atoms with Crippen LogP contribution in [0.15, 0.2) is 47.6 Å². The van der Waals surface area contributed by atoms with Gasteiger partial charge in [0.25, 0.3) is 0 Å². The molecule has 8 atom stereocenters. The number of rotatable bonds is 20. The first kappa shape index (κ1) is 40.2. The Morgan fingerprint density at radius 3 is 2.29 bits per heavy atom. The number of allylic oxidation sites excluding steroid dienone is 7. The van der Waals surface area contributed by atoms with Gasteiger partial charge in [0.1, 0.15) is 6.10 Å². The largest absolute Gasteiger partial charge is 0.462 e. The summed E-state index contributed by atoms with van der Waals surface area (Å²) in [5.74, 6) is 4.99. The lowest BCUT2D eigenvalue weighted by Gasteiger charge is -2.58. The molecule has 3 fully saturated rings. The first-order valence-corrected chi connectivity index (χ1v) is 21.5. The van der Waals surface area contributed by atoms with Crippen LogP contribution in [0.2, 0.25) is 0 Å². The fourth-order valence-electron chi connectivity index (χ4n) is 11.4. The highest BCUT2D eigenvalue weighted by Crippen LogP contribution is 2.67. The van der Waals surface area contributed by atoms with Gasteiger partial charge in [-0.1, -0.05) is 121 Å². The van der Waals surface area contributed by atoms with E-state index in [1.807, 2.05) is 0 Å². The van der Waals surface area contributed by atoms with Crippen LogP contribution in [-0.4, -0.2) is 12.1 Å². The van der Waals surface area contributed by atoms with E-state index in [1.165, 1.54) is 103 Å². The van der Waals surface area contributed by atoms with E-state index in [9.17, 15) is 4.79 Å². The van der Waals surface area contributed by atoms with E-state index in [4.69, 9.17) is 4.74 Å². The summed E-state index contributed by atoms with van der Waals surface area (Å²) >= 11 is 0. The van der Waals surface area contributed by atoms with E-state index < -0.39 is 0 Å². The van der Waals surface area contributed by atoms with Crippen molar-refractivity contribution < 1.29 is 9.53 Å². The molecule has 0 aromatic rings. The molecular weight excluding hydrogens is 597 g/mol. The summed E-state index contributed by atoms with van der Waals surface area (Å²) in [4.78, 5) is 12.8. The fraction of sp³-hybridized carbons (Fsp3) is 0.809. The molecule has 2 nitrogen and oxygen atoms in total. The van der Waals surface area contributed by atoms with Crippen LogP contribution in [0.25, 0.3) is 0 Å². The SMILES string of the molecule is C/C=C(\CC[C@@H](C)[C@H]1CC[C@H]2[C@@H]3CC=C4C[C@@H](OC(=O)CCCCCCC/C=C\C/C=C\CCCCC)CC[C@]4(C)[C@H]3CC[C@]12C)C(C)C. The molecule has 49 heavy (non-hydrogen) atoms. The van der Waals surface area contributed by atoms with Crippen molar-refractivity contribution in [3.05, 3.63) is 47.6 Å². The Kier molecular flexibility index (Phi) is 16.3. The van der Waals surface area contributed by atoms with Crippen molar-refractivity contribution >= 4 is 5.97 Å². The Hall–Kier alpha value is -1.57. The van der Waals surface area contributed by atoms with Crippen molar-refractivity contribution in [3.8, 4) is 0 Å². The molecule has 2 heteroatoms. The lowest BCUT2D eigenvalue weighted by Crippen LogP contribution is -2.51. The van der Waals surface area contributed by atoms with Crippen molar-refractivity contribution in [1.29, 1.82) is 0 Å². The van der Waals surface area contributed by atoms with Crippen molar-refractivity contribution in [3.63, 3.8) is 0 Å². The smallest absolute Gasteiger partial charge is 0.306 e. The number of ether oxygens (including phenoxy) is 1. The van der Waals surface area contributed by atoms with E-state index in [1.54, 1.807) is 11.1 Å². The maximum Gasteiger partial charge on any atom is 0.306 e. The van der Waals surface area contributed by atoms with Gasteiger partial charge in [-0.15, -0.1) is 0 Å². The van der Waals surface area contributed by atoms with E-state index in [0.717, 1.165) is 61.7 Å². The third-order valence-electron chi connectivity index (χ3n) is 14.4. The second-order valence-electron chi connectivity index (χ2n) is 17.9. The summed E-state index contributed by atoms with van der Waals surface area (Å²) in [7, 11) is 0. The molecule has 0 aromatic carbocycles. The summed E-state index contributed by atoms with van der Waals surface area (Å²) in [6, 6.07) is 0. The van der Waals surface area contributed by atoms with E-state index in [0.29, 0.717) is 23.2 Å². The monoisotopic (exact) mass is 675 g/mol. The molecule has 0 bridgehead atoms. The Labute approximate surface area is 304 Å². The second-order valence-corrected chi connectivity index (χ2v) is 17.9. The predicted octanol–water partition coefficient (Wildman–Crippen LogP) is 14.3. The van der Waals surface area contributed by atoms with E-state index >= 15 is 0 Å². The topological polar surface area (TPSA) is 26.3 Å². The third kappa shape index (κ3) is 10.7. The summed E-state index contributed by atoms with van der Waals surface area (Å²) in [5.41, 5.74) is 4.12. The molecule has 3 saturated carbocycles. The maximum atomic E-state index is 12.8. The van der Waals surface area contributed by atoms with Crippen LogP contribution in [0.5, 0.6) is 0 Å². The highest BCUT2D eigenvalue weighted by Gasteiger charge is 2.59. The first-order chi connectivity index (χ1) is 23.6. The summed E-state index contributed by atoms with van der Waals surface area (Å²) in [5, 5.41) is 0. The molecule has 4 aliphatic carbocycles. The van der Waals surface area contributed by atoms with Crippen molar-refractivity contribution in [1.82, 2.24) is 0 Å². The Morgan fingerprint density at radius 1 is 0.857 bits per heavy atom. The summed E-state index contributed by atoms with van der Waals surface area (Å²) in [6.07, 6.45) is 41.2. The Morgan fingerprint density at radius 2 is 1.57 bits per heavy atom. The average molecular weight is 675 g/mol. The molecule has 0 aromatic heterocycles. The molecular formula is C47H78O2. The number of esters is 1. The predicted molar refractivity (Wildman–Crippen MR) is 211 cm³/mol. The lowest BCUT2D eigenvalue weighted by atomic mass is 9.47. The van der Waals surface area contributed by atoms with Crippen LogP contribution < -0.4 is 0 Å². The zero-order valence-electron chi connectivity index (χ0n) is 33.4. The molecule has 0 unspecified atom stereocenters. The van der Waals surface area contributed by atoms with Crippen LogP contribution in [0.3, 0.4) is 0 Å². The normalized spacial score (nSPS) is 32.3. The van der Waals surface area contributed by atoms with Gasteiger partial charge >= 0.3 is 5.97 Å². The van der Waals surface area contributed by atoms with Crippen LogP contribution in [-0.2, 0) is 9.53 Å². The average Bonchev–Trinajstić information content (AvgIpc) is 3.44. The number of hydrogen-bond acceptors (Lipinski definition) is 2. The molecule has 278 valence electrons. The van der Waals surface area contributed by atoms with E-state index in [-0.39, 0.29) is 12.1 Å². The first-order valence-electron chi connectivity index (χ1n) is 21.5. The Bertz CT molecular complexity index is 1120. The minimum absolute atomic E-state index is 0.0445. The van der Waals surface area contributed by atoms with Gasteiger partial charge in [0.05, 0.1) is 0 Å². The van der Waals surface area contributed by atoms with Crippen LogP contribution in [0.4, 0.5) is 0 Å². The quantitative estimate of drug-likeness (QED) is 0.0730. The third-order valence-corrected chi connectivity index (χ3v) is 14.4. The molecule has 4 rings (SSSR count). The molecule has 0 aliphatic heterocycles. The van der Waals surface area contributed by atoms with Crippen molar-refractivity contribution in [2.75, 3.05) is 0 Å². The van der Waals surface area contributed by atoms with Gasteiger partial charge in [-0.2, -0.15) is 0 Å². The number of hydrogen-bond donors (Lipinski definition) is 0. The van der Waals surface area contributed by atoms with E-state index in [2.05, 4.69) is 84.9 Å². The molecule has 0 saturated heterocycles. The minimum atomic E-state index is 0.0445. The number of carbonyl (C=O) groups excluding carboxylic acids is 1. The van der Waals surface area contributed by atoms with Crippen molar-refractivity contribution in [2.45, 2.75) is 196 Å². The van der Waals surface area contributed by atoms with Gasteiger partial charge in [-0.05, 0) is 150 Å². The van der Waals surface area contributed by atoms with Gasteiger partial charge in [-0.3, -0.25) is 4.79 Å². The minimum Gasteiger partial charge on any atom is -0.462 e. The Balaban J connectivity index is 1.15. The number of carbonyl (C=O) groups is 1. The second kappa shape index (κ2) is 19.9. The number of fused-ring (bicyclic) bond motifs is 5. The number of unbranched alkanes of at least 4 members (excludes halogenated alkanes) is 8. The van der Waals surface area contributed by atoms with Gasteiger partial charge < -0.3 is 4.74 Å². The molecule has 0 spiro atoms. The summed E-state index contributed by atoms with van der Waals surface area (Å²) in [6.45, 7) is 17.1. The van der Waals surface area contributed by atoms with Crippen LogP contribution in [0, 0.1) is 46.3 Å². The fourth-order valence-corrected chi connectivity index (χ4v) is 11.4. The lowest BCUT2D eigenvalue weighted by molar-refractivity contribution is -0.151. The molecule has 0 radical (unpaired) electrons. The van der Waals surface area contributed by atoms with Gasteiger partial charge in [0.2, 0.25) is 0 Å². The summed E-state index contributed by atoms with van der Waals surface area (Å²) < 4.78 is 6.13. The molecule has 0 amide bonds. The maximum absolute atomic E-state index is 12.8. The van der Waals surface area contributed by atoms with Crippen LogP contribution in [0.1, 0.15) is 190 Å². The zero-order valence-corrected chi connectivity index (χ0v) is 33.4. The van der Waals surface area contributed by atoms with Crippen molar-refractivity contribution in [2.24, 2.45) is 46.3 Å². The highest BCUT2D eigenvalue weighted by molar-refractivity contribution is 5.69. The highest BCUT2D eigenvalue weighted by atomic mass is 16.5. The standard InChI is InChI=1S/C47H78O2/c1-8-10-11-12-13-14-15-16-17-18-19-20-21-22-23-24-45(48)49-40-31-33-46(6)39(35-40)27-28-41-43-30-29-42(47(43,7)34-32-44(41)46)37(5)25-26-38(9-2)36(3)4/h9,13-14,16-17,27,36-37,40-44H,8,10-12,15,18-26,28-35H2,1-7H3/b14-13-,17-16-,38-9+/t37-,40+,41+,42-,43+,44+,46+,47-/m1/s1. The van der Waals surface area contributed by atoms with Crippen LogP contribution >= 0.6 is 0 Å². The van der Waals surface area contributed by atoms with Gasteiger partial charge in [0.15, 0.2) is 0 Å². The molecule has 4 aliphatic rings. The molecule has 0 heterocycles. The van der Waals surface area contributed by atoms with Gasteiger partial charge in [-0.25, -0.2) is 0 Å². The zero-order chi connectivity index (χ0) is 35.3.